The summed E-state index contributed by atoms with van der Waals surface area (Å²) in [4.78, 5) is 13.8. The minimum Gasteiger partial charge on any atom is -0.394 e. The Balaban J connectivity index is 1.64. The molecule has 1 radical (unpaired) electrons. The highest BCUT2D eigenvalue weighted by Gasteiger charge is 2.55. The lowest BCUT2D eigenvalue weighted by Crippen LogP contribution is -2.70. The molecule has 4 aliphatic heterocycles. The van der Waals surface area contributed by atoms with Crippen LogP contribution in [0.5, 0.6) is 0 Å². The van der Waals surface area contributed by atoms with Gasteiger partial charge in [-0.2, -0.15) is 0 Å². The molecule has 0 saturated carbocycles. The fourth-order valence-electron chi connectivity index (χ4n) is 7.04. The molecule has 15 unspecified atom stereocenters. The van der Waals surface area contributed by atoms with Crippen LogP contribution in [0, 0.1) is 5.92 Å². The third-order valence-electron chi connectivity index (χ3n) is 9.56. The number of nitrogens with zero attached hydrogens (tertiary/aromatic N) is 1. The van der Waals surface area contributed by atoms with Crippen LogP contribution in [0.3, 0.4) is 0 Å². The highest BCUT2D eigenvalue weighted by molar-refractivity contribution is 5.79. The standard InChI is InChI=1S/C28H51N4O15/c1-27(2)5-10(6-28(3,4)32(27)42)23(40)31-16-20(39)22(46-25-15(30)18(37)17(36)11(7-33)44-25)13(9-35)45-26(16)47-21-12(8-34)43-24(41)14(29)19(21)38/h10-22,24-26,33-39,41H,5-9,29-30H2,1-4H3,(H,31,40). The van der Waals surface area contributed by atoms with Crippen molar-refractivity contribution in [1.29, 1.82) is 0 Å². The maximum Gasteiger partial charge on any atom is 0.223 e. The van der Waals surface area contributed by atoms with Gasteiger partial charge in [0.2, 0.25) is 5.91 Å². The minimum atomic E-state index is -1.77. The highest BCUT2D eigenvalue weighted by atomic mass is 16.7. The van der Waals surface area contributed by atoms with Crippen molar-refractivity contribution < 1.29 is 74.5 Å². The lowest BCUT2D eigenvalue weighted by molar-refractivity contribution is -0.350. The summed E-state index contributed by atoms with van der Waals surface area (Å²) in [5, 5.41) is 99.5. The van der Waals surface area contributed by atoms with E-state index in [-0.39, 0.29) is 12.8 Å². The Morgan fingerprint density at radius 1 is 0.745 bits per heavy atom. The van der Waals surface area contributed by atoms with E-state index in [2.05, 4.69) is 5.32 Å². The Morgan fingerprint density at radius 2 is 1.23 bits per heavy atom. The van der Waals surface area contributed by atoms with Crippen LogP contribution in [0.15, 0.2) is 0 Å². The van der Waals surface area contributed by atoms with Crippen LogP contribution in [-0.4, -0.2) is 175 Å². The molecule has 4 saturated heterocycles. The molecule has 13 N–H and O–H groups in total. The van der Waals surface area contributed by atoms with Crippen molar-refractivity contribution in [3.05, 3.63) is 0 Å². The molecule has 0 aromatic rings. The van der Waals surface area contributed by atoms with Crippen molar-refractivity contribution in [2.45, 2.75) is 144 Å². The highest BCUT2D eigenvalue weighted by Crippen LogP contribution is 2.41. The molecule has 273 valence electrons. The average molecular weight is 684 g/mol. The first-order valence-corrected chi connectivity index (χ1v) is 15.7. The fraction of sp³-hybridized carbons (Fsp3) is 0.964. The van der Waals surface area contributed by atoms with Gasteiger partial charge in [0, 0.05) is 17.0 Å². The summed E-state index contributed by atoms with van der Waals surface area (Å²) in [5.41, 5.74) is 10.0. The van der Waals surface area contributed by atoms with E-state index in [9.17, 15) is 50.9 Å². The fourth-order valence-corrected chi connectivity index (χ4v) is 7.04. The third-order valence-corrected chi connectivity index (χ3v) is 9.56. The first-order valence-electron chi connectivity index (χ1n) is 15.7. The summed E-state index contributed by atoms with van der Waals surface area (Å²) in [7, 11) is 0. The lowest BCUT2D eigenvalue weighted by atomic mass is 9.75. The van der Waals surface area contributed by atoms with E-state index in [1.54, 1.807) is 27.7 Å². The Kier molecular flexibility index (Phi) is 12.3. The van der Waals surface area contributed by atoms with E-state index in [4.69, 9.17) is 35.2 Å². The normalized spacial score (nSPS) is 46.2. The number of nitrogens with two attached hydrogens (primary N) is 2. The molecule has 0 aromatic heterocycles. The van der Waals surface area contributed by atoms with Gasteiger partial charge >= 0.3 is 0 Å². The monoisotopic (exact) mass is 683 g/mol. The van der Waals surface area contributed by atoms with Gasteiger partial charge in [-0.05, 0) is 40.5 Å². The van der Waals surface area contributed by atoms with Crippen LogP contribution >= 0.6 is 0 Å². The number of piperidine rings is 1. The summed E-state index contributed by atoms with van der Waals surface area (Å²) in [6.45, 7) is 4.58. The van der Waals surface area contributed by atoms with Gasteiger partial charge in [-0.25, -0.2) is 0 Å². The van der Waals surface area contributed by atoms with Crippen LogP contribution in [0.25, 0.3) is 0 Å². The molecule has 19 heteroatoms. The first kappa shape index (κ1) is 38.6. The summed E-state index contributed by atoms with van der Waals surface area (Å²) < 4.78 is 28.7. The van der Waals surface area contributed by atoms with E-state index < -0.39 is 135 Å². The first-order chi connectivity index (χ1) is 21.9. The smallest absolute Gasteiger partial charge is 0.223 e. The molecule has 0 aliphatic carbocycles. The second-order valence-corrected chi connectivity index (χ2v) is 14.1. The number of hydrogen-bond acceptors (Lipinski definition) is 17. The molecule has 0 aromatic carbocycles. The van der Waals surface area contributed by atoms with Crippen LogP contribution in [0.2, 0.25) is 0 Å². The van der Waals surface area contributed by atoms with Crippen molar-refractivity contribution in [2.75, 3.05) is 19.8 Å². The predicted octanol–water partition coefficient (Wildman–Crippen LogP) is -5.90. The summed E-state index contributed by atoms with van der Waals surface area (Å²) in [5.74, 6) is -1.31. The number of carbonyl (C=O) groups is 1. The summed E-state index contributed by atoms with van der Waals surface area (Å²) in [6.07, 6.45) is -18.1. The van der Waals surface area contributed by atoms with Crippen LogP contribution in [0.4, 0.5) is 0 Å². The molecule has 19 nitrogen and oxygen atoms in total. The second kappa shape index (κ2) is 15.0. The van der Waals surface area contributed by atoms with Gasteiger partial charge in [0.25, 0.3) is 0 Å². The number of rotatable bonds is 9. The van der Waals surface area contributed by atoms with Gasteiger partial charge in [-0.3, -0.25) is 4.79 Å². The molecule has 4 heterocycles. The Morgan fingerprint density at radius 3 is 1.79 bits per heavy atom. The molecule has 0 spiro atoms. The maximum absolute atomic E-state index is 13.8. The van der Waals surface area contributed by atoms with Gasteiger partial charge in [-0.15, -0.1) is 10.3 Å². The minimum absolute atomic E-state index is 0.155. The Labute approximate surface area is 271 Å². The van der Waals surface area contributed by atoms with Crippen molar-refractivity contribution in [1.82, 2.24) is 10.4 Å². The molecular formula is C28H51N4O15. The van der Waals surface area contributed by atoms with E-state index >= 15 is 0 Å². The van der Waals surface area contributed by atoms with Gasteiger partial charge in [0.15, 0.2) is 18.9 Å². The number of nitrogens with one attached hydrogen (secondary N) is 1. The number of aliphatic hydroxyl groups is 8. The molecule has 47 heavy (non-hydrogen) atoms. The molecule has 4 aliphatic rings. The molecule has 0 bridgehead atoms. The van der Waals surface area contributed by atoms with Gasteiger partial charge in [0.1, 0.15) is 61.0 Å². The van der Waals surface area contributed by atoms with Gasteiger partial charge in [-0.1, -0.05) is 0 Å². The SMILES string of the molecule is CC1(C)CC(C(=O)NC2C(OC3C(CO)OC(O)C(N)C3O)OC(CO)C(OC3OC(CO)C(O)C(O)C3N)C2O)CC(C)(C)N1[O]. The average Bonchev–Trinajstić information content (AvgIpc) is 3.02. The predicted molar refractivity (Wildman–Crippen MR) is 155 cm³/mol. The third kappa shape index (κ3) is 7.76. The quantitative estimate of drug-likeness (QED) is 0.108. The van der Waals surface area contributed by atoms with Gasteiger partial charge < -0.3 is 81.3 Å². The lowest BCUT2D eigenvalue weighted by Gasteiger charge is -2.51. The number of hydroxylamine groups is 2. The zero-order valence-electron chi connectivity index (χ0n) is 26.8. The van der Waals surface area contributed by atoms with Crippen molar-refractivity contribution >= 4 is 5.91 Å². The number of aliphatic hydroxyl groups excluding tert-OH is 8. The topological polar surface area (TPSA) is 312 Å². The Bertz CT molecular complexity index is 1040. The number of ether oxygens (including phenoxy) is 5. The van der Waals surface area contributed by atoms with E-state index in [1.807, 2.05) is 0 Å². The second-order valence-electron chi connectivity index (χ2n) is 14.1. The van der Waals surface area contributed by atoms with E-state index in [0.717, 1.165) is 5.06 Å². The van der Waals surface area contributed by atoms with E-state index in [0.29, 0.717) is 0 Å². The molecule has 4 rings (SSSR count). The summed E-state index contributed by atoms with van der Waals surface area (Å²) >= 11 is 0. The summed E-state index contributed by atoms with van der Waals surface area (Å²) in [6, 6.07) is -4.26. The van der Waals surface area contributed by atoms with Crippen molar-refractivity contribution in [3.8, 4) is 0 Å². The van der Waals surface area contributed by atoms with Crippen LogP contribution < -0.4 is 16.8 Å². The van der Waals surface area contributed by atoms with E-state index in [1.165, 1.54) is 0 Å². The molecule has 1 amide bonds. The van der Waals surface area contributed by atoms with Crippen molar-refractivity contribution in [2.24, 2.45) is 17.4 Å². The maximum atomic E-state index is 13.8. The van der Waals surface area contributed by atoms with Crippen LogP contribution in [-0.2, 0) is 33.7 Å². The Hall–Kier alpha value is -1.21. The van der Waals surface area contributed by atoms with Gasteiger partial charge in [0.05, 0.1) is 31.9 Å². The molecular weight excluding hydrogens is 632 g/mol. The zero-order chi connectivity index (χ0) is 35.2. The zero-order valence-corrected chi connectivity index (χ0v) is 26.8. The molecule has 15 atom stereocenters. The number of hydrogen-bond donors (Lipinski definition) is 11. The van der Waals surface area contributed by atoms with Crippen molar-refractivity contribution in [3.63, 3.8) is 0 Å². The number of amides is 1. The molecule has 4 fully saturated rings. The van der Waals surface area contributed by atoms with Crippen LogP contribution in [0.1, 0.15) is 40.5 Å². The number of carbonyl (C=O) groups excluding carboxylic acids is 1. The largest absolute Gasteiger partial charge is 0.394 e.